The van der Waals surface area contributed by atoms with Crippen LogP contribution in [-0.4, -0.2) is 0 Å². The van der Waals surface area contributed by atoms with Crippen molar-refractivity contribution in [3.05, 3.63) is 58.1 Å². The van der Waals surface area contributed by atoms with E-state index in [0.29, 0.717) is 6.61 Å². The summed E-state index contributed by atoms with van der Waals surface area (Å²) in [6, 6.07) is 10.4. The maximum Gasteiger partial charge on any atom is 0.125 e. The third-order valence-electron chi connectivity index (χ3n) is 3.15. The van der Waals surface area contributed by atoms with Gasteiger partial charge in [0.15, 0.2) is 0 Å². The molecule has 100 valence electrons. The average Bonchev–Trinajstić information content (AvgIpc) is 2.25. The van der Waals surface area contributed by atoms with Crippen LogP contribution >= 0.6 is 0 Å². The Balaban J connectivity index is 2.19. The zero-order chi connectivity index (χ0) is 14.0. The van der Waals surface area contributed by atoms with Gasteiger partial charge in [0.25, 0.3) is 0 Å². The third-order valence-corrected chi connectivity index (χ3v) is 3.15. The standard InChI is InChI=1S/C17H21NO/c1-11-5-12(2)7-15(6-11)10-19-17-13(3)8-16(18)9-14(17)4/h5-9H,10,18H2,1-4H3. The van der Waals surface area contributed by atoms with Gasteiger partial charge in [-0.1, -0.05) is 29.3 Å². The van der Waals surface area contributed by atoms with Crippen molar-refractivity contribution in [3.63, 3.8) is 0 Å². The summed E-state index contributed by atoms with van der Waals surface area (Å²) >= 11 is 0. The van der Waals surface area contributed by atoms with Gasteiger partial charge in [-0.05, 0) is 56.5 Å². The van der Waals surface area contributed by atoms with Crippen LogP contribution in [0.4, 0.5) is 5.69 Å². The molecule has 2 N–H and O–H groups in total. The fourth-order valence-corrected chi connectivity index (χ4v) is 2.52. The summed E-state index contributed by atoms with van der Waals surface area (Å²) in [6.45, 7) is 8.86. The highest BCUT2D eigenvalue weighted by Gasteiger charge is 2.06. The minimum absolute atomic E-state index is 0.591. The Hall–Kier alpha value is -1.96. The fraction of sp³-hybridized carbons (Fsp3) is 0.294. The molecule has 2 aromatic carbocycles. The molecule has 0 aromatic heterocycles. The van der Waals surface area contributed by atoms with Crippen LogP contribution in [0.25, 0.3) is 0 Å². The first-order chi connectivity index (χ1) is 8.95. The first-order valence-corrected chi connectivity index (χ1v) is 6.52. The minimum atomic E-state index is 0.591. The molecular formula is C17H21NO. The van der Waals surface area contributed by atoms with Crippen LogP contribution in [-0.2, 0) is 6.61 Å². The lowest BCUT2D eigenvalue weighted by Gasteiger charge is -2.13. The highest BCUT2D eigenvalue weighted by Crippen LogP contribution is 2.26. The molecule has 0 bridgehead atoms. The molecule has 2 heteroatoms. The molecule has 19 heavy (non-hydrogen) atoms. The molecule has 0 aliphatic rings. The molecule has 0 heterocycles. The summed E-state index contributed by atoms with van der Waals surface area (Å²) in [5.74, 6) is 0.938. The van der Waals surface area contributed by atoms with Crippen LogP contribution < -0.4 is 10.5 Å². The highest BCUT2D eigenvalue weighted by atomic mass is 16.5. The Labute approximate surface area is 115 Å². The molecule has 2 aromatic rings. The number of nitrogen functional groups attached to an aromatic ring is 1. The summed E-state index contributed by atoms with van der Waals surface area (Å²) in [7, 11) is 0. The molecule has 0 atom stereocenters. The molecule has 0 amide bonds. The number of benzene rings is 2. The predicted molar refractivity (Wildman–Crippen MR) is 80.6 cm³/mol. The van der Waals surface area contributed by atoms with Crippen molar-refractivity contribution in [2.75, 3.05) is 5.73 Å². The Morgan fingerprint density at radius 2 is 1.37 bits per heavy atom. The van der Waals surface area contributed by atoms with Crippen molar-refractivity contribution in [1.82, 2.24) is 0 Å². The van der Waals surface area contributed by atoms with E-state index in [9.17, 15) is 0 Å². The number of nitrogens with two attached hydrogens (primary N) is 1. The van der Waals surface area contributed by atoms with E-state index < -0.39 is 0 Å². The van der Waals surface area contributed by atoms with E-state index >= 15 is 0 Å². The maximum atomic E-state index is 5.96. The van der Waals surface area contributed by atoms with Crippen LogP contribution in [0.15, 0.2) is 30.3 Å². The summed E-state index contributed by atoms with van der Waals surface area (Å²) in [5, 5.41) is 0. The molecule has 0 saturated heterocycles. The van der Waals surface area contributed by atoms with Gasteiger partial charge >= 0.3 is 0 Å². The first kappa shape index (κ1) is 13.5. The number of anilines is 1. The maximum absolute atomic E-state index is 5.96. The van der Waals surface area contributed by atoms with Gasteiger partial charge in [-0.15, -0.1) is 0 Å². The van der Waals surface area contributed by atoms with Crippen LogP contribution in [0.2, 0.25) is 0 Å². The molecule has 0 unspecified atom stereocenters. The molecule has 0 spiro atoms. The normalized spacial score (nSPS) is 10.5. The smallest absolute Gasteiger partial charge is 0.125 e. The molecule has 2 nitrogen and oxygen atoms in total. The Kier molecular flexibility index (Phi) is 3.79. The van der Waals surface area contributed by atoms with Gasteiger partial charge in [-0.25, -0.2) is 0 Å². The van der Waals surface area contributed by atoms with E-state index in [-0.39, 0.29) is 0 Å². The summed E-state index contributed by atoms with van der Waals surface area (Å²) in [5.41, 5.74) is 12.5. The minimum Gasteiger partial charge on any atom is -0.488 e. The predicted octanol–water partition coefficient (Wildman–Crippen LogP) is 4.08. The average molecular weight is 255 g/mol. The second-order valence-electron chi connectivity index (χ2n) is 5.27. The van der Waals surface area contributed by atoms with Crippen molar-refractivity contribution < 1.29 is 4.74 Å². The SMILES string of the molecule is Cc1cc(C)cc(COc2c(C)cc(N)cc2C)c1. The monoisotopic (exact) mass is 255 g/mol. The van der Waals surface area contributed by atoms with Gasteiger partial charge < -0.3 is 10.5 Å². The number of rotatable bonds is 3. The van der Waals surface area contributed by atoms with Crippen molar-refractivity contribution in [2.45, 2.75) is 34.3 Å². The molecule has 0 aliphatic heterocycles. The van der Waals surface area contributed by atoms with Crippen molar-refractivity contribution >= 4 is 5.69 Å². The van der Waals surface area contributed by atoms with E-state index in [1.807, 2.05) is 26.0 Å². The molecular weight excluding hydrogens is 234 g/mol. The van der Waals surface area contributed by atoms with Crippen LogP contribution in [0, 0.1) is 27.7 Å². The Bertz CT molecular complexity index is 559. The molecule has 0 radical (unpaired) electrons. The van der Waals surface area contributed by atoms with Gasteiger partial charge in [-0.3, -0.25) is 0 Å². The fourth-order valence-electron chi connectivity index (χ4n) is 2.52. The second-order valence-corrected chi connectivity index (χ2v) is 5.27. The third kappa shape index (κ3) is 3.28. The zero-order valence-corrected chi connectivity index (χ0v) is 12.1. The molecule has 0 aliphatic carbocycles. The highest BCUT2D eigenvalue weighted by molar-refractivity contribution is 5.52. The lowest BCUT2D eigenvalue weighted by Crippen LogP contribution is -2.01. The quantitative estimate of drug-likeness (QED) is 0.839. The number of hydrogen-bond acceptors (Lipinski definition) is 2. The van der Waals surface area contributed by atoms with Crippen LogP contribution in [0.5, 0.6) is 5.75 Å². The molecule has 2 rings (SSSR count). The van der Waals surface area contributed by atoms with Crippen molar-refractivity contribution in [3.8, 4) is 5.75 Å². The second kappa shape index (κ2) is 5.35. The van der Waals surface area contributed by atoms with Crippen molar-refractivity contribution in [2.24, 2.45) is 0 Å². The Morgan fingerprint density at radius 1 is 0.842 bits per heavy atom. The van der Waals surface area contributed by atoms with E-state index in [2.05, 4.69) is 32.0 Å². The van der Waals surface area contributed by atoms with Gasteiger partial charge in [0.05, 0.1) is 0 Å². The van der Waals surface area contributed by atoms with Gasteiger partial charge in [0.1, 0.15) is 12.4 Å². The lowest BCUT2D eigenvalue weighted by molar-refractivity contribution is 0.302. The van der Waals surface area contributed by atoms with Crippen LogP contribution in [0.3, 0.4) is 0 Å². The van der Waals surface area contributed by atoms with Gasteiger partial charge in [0, 0.05) is 5.69 Å². The van der Waals surface area contributed by atoms with Gasteiger partial charge in [0.2, 0.25) is 0 Å². The zero-order valence-electron chi connectivity index (χ0n) is 12.1. The van der Waals surface area contributed by atoms with E-state index in [0.717, 1.165) is 22.6 Å². The van der Waals surface area contributed by atoms with E-state index in [4.69, 9.17) is 10.5 Å². The topological polar surface area (TPSA) is 35.2 Å². The number of aryl methyl sites for hydroxylation is 4. The van der Waals surface area contributed by atoms with E-state index in [1.165, 1.54) is 16.7 Å². The summed E-state index contributed by atoms with van der Waals surface area (Å²) in [6.07, 6.45) is 0. The lowest BCUT2D eigenvalue weighted by atomic mass is 10.1. The first-order valence-electron chi connectivity index (χ1n) is 6.52. The van der Waals surface area contributed by atoms with Crippen molar-refractivity contribution in [1.29, 1.82) is 0 Å². The number of ether oxygens (including phenoxy) is 1. The van der Waals surface area contributed by atoms with Crippen LogP contribution in [0.1, 0.15) is 27.8 Å². The Morgan fingerprint density at radius 3 is 1.89 bits per heavy atom. The largest absolute Gasteiger partial charge is 0.488 e. The molecule has 0 saturated carbocycles. The summed E-state index contributed by atoms with van der Waals surface area (Å²) < 4.78 is 5.96. The molecule has 0 fully saturated rings. The summed E-state index contributed by atoms with van der Waals surface area (Å²) in [4.78, 5) is 0. The number of hydrogen-bond donors (Lipinski definition) is 1. The van der Waals surface area contributed by atoms with Gasteiger partial charge in [-0.2, -0.15) is 0 Å². The van der Waals surface area contributed by atoms with E-state index in [1.54, 1.807) is 0 Å².